The Morgan fingerprint density at radius 2 is 1.65 bits per heavy atom. The Morgan fingerprint density at radius 3 is 2.10 bits per heavy atom. The minimum Gasteiger partial charge on any atom is -0.384 e. The monoisotopic (exact) mass is 271 g/mol. The maximum Gasteiger partial charge on any atom is 0.356 e. The summed E-state index contributed by atoms with van der Waals surface area (Å²) in [6, 6.07) is 16.3. The molecule has 20 heavy (non-hydrogen) atoms. The molecule has 0 aliphatic rings. The predicted octanol–water partition coefficient (Wildman–Crippen LogP) is 2.00. The van der Waals surface area contributed by atoms with E-state index in [9.17, 15) is 4.79 Å². The summed E-state index contributed by atoms with van der Waals surface area (Å²) in [4.78, 5) is 14.9. The van der Waals surface area contributed by atoms with Gasteiger partial charge in [0.15, 0.2) is 0 Å². The van der Waals surface area contributed by atoms with Gasteiger partial charge in [0.05, 0.1) is 5.56 Å². The SMILES string of the molecule is Cc1cccc(C(=O)ON)c1.N=C(N)c1ccccc1. The average Bonchev–Trinajstić information content (AvgIpc) is 2.48. The van der Waals surface area contributed by atoms with Gasteiger partial charge < -0.3 is 10.6 Å². The molecule has 0 fully saturated rings. The molecule has 0 spiro atoms. The molecule has 5 N–H and O–H groups in total. The predicted molar refractivity (Wildman–Crippen MR) is 78.2 cm³/mol. The molecular formula is C15H17N3O2. The molecule has 0 saturated heterocycles. The van der Waals surface area contributed by atoms with Gasteiger partial charge in [0.25, 0.3) is 0 Å². The molecule has 104 valence electrons. The van der Waals surface area contributed by atoms with Crippen LogP contribution in [0, 0.1) is 12.3 Å². The van der Waals surface area contributed by atoms with E-state index in [1.807, 2.05) is 43.3 Å². The van der Waals surface area contributed by atoms with Gasteiger partial charge in [-0.2, -0.15) is 5.90 Å². The summed E-state index contributed by atoms with van der Waals surface area (Å²) in [5.74, 6) is 4.32. The third kappa shape index (κ3) is 4.91. The molecule has 0 heterocycles. The van der Waals surface area contributed by atoms with E-state index < -0.39 is 5.97 Å². The molecule has 2 aromatic carbocycles. The lowest BCUT2D eigenvalue weighted by molar-refractivity contribution is 0.0503. The molecule has 0 aromatic heterocycles. The first-order valence-electron chi connectivity index (χ1n) is 5.91. The highest BCUT2D eigenvalue weighted by atomic mass is 16.7. The van der Waals surface area contributed by atoms with Crippen LogP contribution in [0.1, 0.15) is 21.5 Å². The van der Waals surface area contributed by atoms with Crippen molar-refractivity contribution in [1.82, 2.24) is 0 Å². The lowest BCUT2D eigenvalue weighted by atomic mass is 10.1. The molecule has 0 unspecified atom stereocenters. The number of aryl methyl sites for hydroxylation is 1. The van der Waals surface area contributed by atoms with E-state index in [4.69, 9.17) is 17.0 Å². The van der Waals surface area contributed by atoms with Gasteiger partial charge in [0.1, 0.15) is 5.84 Å². The third-order valence-corrected chi connectivity index (χ3v) is 2.45. The summed E-state index contributed by atoms with van der Waals surface area (Å²) in [6.07, 6.45) is 0. The first-order chi connectivity index (χ1) is 9.54. The first-order valence-corrected chi connectivity index (χ1v) is 5.91. The normalized spacial score (nSPS) is 9.10. The fourth-order valence-corrected chi connectivity index (χ4v) is 1.46. The Labute approximate surface area is 117 Å². The maximum atomic E-state index is 10.8. The molecular weight excluding hydrogens is 254 g/mol. The minimum atomic E-state index is -0.506. The van der Waals surface area contributed by atoms with Crippen molar-refractivity contribution in [3.63, 3.8) is 0 Å². The molecule has 0 amide bonds. The van der Waals surface area contributed by atoms with Gasteiger partial charge in [-0.05, 0) is 19.1 Å². The number of nitrogen functional groups attached to an aromatic ring is 1. The summed E-state index contributed by atoms with van der Waals surface area (Å²) in [5, 5.41) is 7.01. The van der Waals surface area contributed by atoms with E-state index in [1.165, 1.54) is 0 Å². The number of benzene rings is 2. The smallest absolute Gasteiger partial charge is 0.356 e. The van der Waals surface area contributed by atoms with E-state index in [0.717, 1.165) is 11.1 Å². The summed E-state index contributed by atoms with van der Waals surface area (Å²) in [6.45, 7) is 1.90. The van der Waals surface area contributed by atoms with E-state index in [2.05, 4.69) is 4.84 Å². The number of nitrogens with one attached hydrogen (secondary N) is 1. The van der Waals surface area contributed by atoms with Crippen LogP contribution in [0.2, 0.25) is 0 Å². The van der Waals surface area contributed by atoms with Crippen LogP contribution in [-0.4, -0.2) is 11.8 Å². The zero-order valence-corrected chi connectivity index (χ0v) is 11.2. The molecule has 2 rings (SSSR count). The standard InChI is InChI=1S/C8H9NO2.C7H8N2/c1-6-3-2-4-7(5-6)8(10)11-9;8-7(9)6-4-2-1-3-5-6/h2-5H,9H2,1H3;1-5H,(H3,8,9). The zero-order chi connectivity index (χ0) is 15.0. The Hall–Kier alpha value is -2.66. The van der Waals surface area contributed by atoms with Gasteiger partial charge in [0, 0.05) is 5.56 Å². The molecule has 0 bridgehead atoms. The van der Waals surface area contributed by atoms with Crippen molar-refractivity contribution in [1.29, 1.82) is 5.41 Å². The Balaban J connectivity index is 0.000000204. The number of carbonyl (C=O) groups excluding carboxylic acids is 1. The van der Waals surface area contributed by atoms with Crippen LogP contribution in [0.15, 0.2) is 54.6 Å². The average molecular weight is 271 g/mol. The third-order valence-electron chi connectivity index (χ3n) is 2.45. The molecule has 0 radical (unpaired) electrons. The van der Waals surface area contributed by atoms with Crippen LogP contribution in [0.5, 0.6) is 0 Å². The number of carbonyl (C=O) groups is 1. The number of amidine groups is 1. The van der Waals surface area contributed by atoms with Crippen molar-refractivity contribution in [2.75, 3.05) is 0 Å². The summed E-state index contributed by atoms with van der Waals surface area (Å²) in [5.41, 5.74) is 7.46. The Morgan fingerprint density at radius 1 is 1.05 bits per heavy atom. The van der Waals surface area contributed by atoms with Crippen molar-refractivity contribution in [3.05, 3.63) is 71.3 Å². The molecule has 0 aliphatic carbocycles. The molecule has 0 saturated carbocycles. The molecule has 5 heteroatoms. The molecule has 0 aliphatic heterocycles. The second-order valence-electron chi connectivity index (χ2n) is 4.05. The molecule has 2 aromatic rings. The molecule has 5 nitrogen and oxygen atoms in total. The highest BCUT2D eigenvalue weighted by Gasteiger charge is 2.03. The van der Waals surface area contributed by atoms with Crippen LogP contribution < -0.4 is 11.6 Å². The highest BCUT2D eigenvalue weighted by Crippen LogP contribution is 2.03. The Bertz CT molecular complexity index is 583. The number of rotatable bonds is 2. The topological polar surface area (TPSA) is 102 Å². The fourth-order valence-electron chi connectivity index (χ4n) is 1.46. The summed E-state index contributed by atoms with van der Waals surface area (Å²) >= 11 is 0. The molecule has 0 atom stereocenters. The van der Waals surface area contributed by atoms with Crippen LogP contribution >= 0.6 is 0 Å². The van der Waals surface area contributed by atoms with Gasteiger partial charge in [-0.15, -0.1) is 0 Å². The van der Waals surface area contributed by atoms with Gasteiger partial charge in [-0.25, -0.2) is 4.79 Å². The van der Waals surface area contributed by atoms with Crippen molar-refractivity contribution in [2.45, 2.75) is 6.92 Å². The van der Waals surface area contributed by atoms with Crippen LogP contribution in [0.25, 0.3) is 0 Å². The fraction of sp³-hybridized carbons (Fsp3) is 0.0667. The Kier molecular flexibility index (Phi) is 5.93. The quantitative estimate of drug-likeness (QED) is 0.441. The second kappa shape index (κ2) is 7.70. The summed E-state index contributed by atoms with van der Waals surface area (Å²) in [7, 11) is 0. The largest absolute Gasteiger partial charge is 0.384 e. The van der Waals surface area contributed by atoms with Crippen molar-refractivity contribution >= 4 is 11.8 Å². The summed E-state index contributed by atoms with van der Waals surface area (Å²) < 4.78 is 0. The maximum absolute atomic E-state index is 10.8. The number of hydrogen-bond acceptors (Lipinski definition) is 4. The number of nitrogens with two attached hydrogens (primary N) is 2. The first kappa shape index (κ1) is 15.4. The van der Waals surface area contributed by atoms with E-state index in [1.54, 1.807) is 18.2 Å². The highest BCUT2D eigenvalue weighted by molar-refractivity contribution is 5.94. The van der Waals surface area contributed by atoms with Gasteiger partial charge >= 0.3 is 5.97 Å². The van der Waals surface area contributed by atoms with Crippen LogP contribution in [0.4, 0.5) is 0 Å². The lowest BCUT2D eigenvalue weighted by Gasteiger charge is -1.97. The van der Waals surface area contributed by atoms with Crippen molar-refractivity contribution < 1.29 is 9.63 Å². The van der Waals surface area contributed by atoms with E-state index >= 15 is 0 Å². The van der Waals surface area contributed by atoms with E-state index in [0.29, 0.717) is 5.56 Å². The van der Waals surface area contributed by atoms with Gasteiger partial charge in [-0.1, -0.05) is 48.0 Å². The minimum absolute atomic E-state index is 0.121. The second-order valence-corrected chi connectivity index (χ2v) is 4.05. The van der Waals surface area contributed by atoms with E-state index in [-0.39, 0.29) is 5.84 Å². The van der Waals surface area contributed by atoms with Crippen molar-refractivity contribution in [3.8, 4) is 0 Å². The number of hydrogen-bond donors (Lipinski definition) is 3. The zero-order valence-electron chi connectivity index (χ0n) is 11.2. The lowest BCUT2D eigenvalue weighted by Crippen LogP contribution is -2.10. The van der Waals surface area contributed by atoms with Crippen molar-refractivity contribution in [2.24, 2.45) is 11.6 Å². The van der Waals surface area contributed by atoms with Crippen LogP contribution in [-0.2, 0) is 4.84 Å². The van der Waals surface area contributed by atoms with Gasteiger partial charge in [0.2, 0.25) is 0 Å². The van der Waals surface area contributed by atoms with Gasteiger partial charge in [-0.3, -0.25) is 5.41 Å². The van der Waals surface area contributed by atoms with Crippen LogP contribution in [0.3, 0.4) is 0 Å².